The van der Waals surface area contributed by atoms with Gasteiger partial charge in [0.05, 0.1) is 5.56 Å². The third-order valence-electron chi connectivity index (χ3n) is 8.44. The summed E-state index contributed by atoms with van der Waals surface area (Å²) in [4.78, 5) is 19.3. The molecule has 4 heteroatoms. The molecule has 3 aliphatic rings. The third-order valence-corrected chi connectivity index (χ3v) is 8.44. The van der Waals surface area contributed by atoms with E-state index in [1.807, 2.05) is 17.0 Å². The molecular weight excluding hydrogens is 406 g/mol. The number of likely N-dealkylation sites (tertiary alicyclic amines) is 1. The molecule has 33 heavy (non-hydrogen) atoms. The van der Waals surface area contributed by atoms with Crippen LogP contribution in [0.3, 0.4) is 0 Å². The highest BCUT2D eigenvalue weighted by Crippen LogP contribution is 2.57. The largest absolute Gasteiger partial charge is 0.370 e. The Morgan fingerprint density at radius 3 is 2.58 bits per heavy atom. The molecule has 1 aromatic heterocycles. The Morgan fingerprint density at radius 1 is 1.06 bits per heavy atom. The van der Waals surface area contributed by atoms with Gasteiger partial charge in [0.1, 0.15) is 5.82 Å². The van der Waals surface area contributed by atoms with E-state index in [4.69, 9.17) is 0 Å². The van der Waals surface area contributed by atoms with Gasteiger partial charge in [-0.25, -0.2) is 4.98 Å². The normalized spacial score (nSPS) is 31.8. The Bertz CT molecular complexity index is 949. The van der Waals surface area contributed by atoms with E-state index in [1.54, 1.807) is 6.20 Å². The fourth-order valence-corrected chi connectivity index (χ4v) is 7.40. The summed E-state index contributed by atoms with van der Waals surface area (Å²) in [6.45, 7) is 7.59. The van der Waals surface area contributed by atoms with Crippen molar-refractivity contribution in [3.05, 3.63) is 59.8 Å². The second kappa shape index (κ2) is 9.12. The van der Waals surface area contributed by atoms with Crippen LogP contribution in [-0.2, 0) is 5.41 Å². The molecule has 2 saturated carbocycles. The van der Waals surface area contributed by atoms with Crippen molar-refractivity contribution >= 4 is 11.7 Å². The van der Waals surface area contributed by atoms with E-state index in [9.17, 15) is 4.79 Å². The minimum absolute atomic E-state index is 0.125. The maximum absolute atomic E-state index is 12.7. The third kappa shape index (κ3) is 4.81. The molecule has 1 aliphatic heterocycles. The molecule has 5 rings (SSSR count). The second-order valence-electron chi connectivity index (χ2n) is 11.6. The molecule has 2 aromatic rings. The summed E-state index contributed by atoms with van der Waals surface area (Å²) < 4.78 is 0. The van der Waals surface area contributed by atoms with Gasteiger partial charge in [-0.05, 0) is 91.7 Å². The van der Waals surface area contributed by atoms with Gasteiger partial charge < -0.3 is 10.2 Å². The number of rotatable bonds is 5. The first-order valence-corrected chi connectivity index (χ1v) is 13.0. The van der Waals surface area contributed by atoms with E-state index in [2.05, 4.69) is 54.5 Å². The SMILES string of the molecule is CC1CC2CC(C)(CNc3ccc(C(=O)N4CCCCC4)cn3)CC(c3ccccc3)(C1)C2. The topological polar surface area (TPSA) is 45.2 Å². The highest BCUT2D eigenvalue weighted by atomic mass is 16.2. The quantitative estimate of drug-likeness (QED) is 0.588. The summed E-state index contributed by atoms with van der Waals surface area (Å²) in [5, 5.41) is 3.63. The number of carbonyl (C=O) groups is 1. The molecule has 1 saturated heterocycles. The molecule has 0 spiro atoms. The number of hydrogen-bond donors (Lipinski definition) is 1. The van der Waals surface area contributed by atoms with Crippen LogP contribution < -0.4 is 5.32 Å². The van der Waals surface area contributed by atoms with Crippen LogP contribution in [0, 0.1) is 17.3 Å². The van der Waals surface area contributed by atoms with E-state index in [1.165, 1.54) is 44.1 Å². The molecule has 2 aliphatic carbocycles. The number of piperidine rings is 1. The molecule has 1 amide bonds. The predicted octanol–water partition coefficient (Wildman–Crippen LogP) is 6.29. The predicted molar refractivity (Wildman–Crippen MR) is 134 cm³/mol. The van der Waals surface area contributed by atoms with Crippen molar-refractivity contribution in [3.63, 3.8) is 0 Å². The molecule has 4 unspecified atom stereocenters. The lowest BCUT2D eigenvalue weighted by Gasteiger charge is -2.55. The molecule has 2 bridgehead atoms. The molecule has 176 valence electrons. The molecule has 2 heterocycles. The van der Waals surface area contributed by atoms with Gasteiger partial charge in [0.2, 0.25) is 0 Å². The van der Waals surface area contributed by atoms with E-state index in [-0.39, 0.29) is 11.3 Å². The minimum atomic E-state index is 0.125. The van der Waals surface area contributed by atoms with Crippen molar-refractivity contribution < 1.29 is 4.79 Å². The van der Waals surface area contributed by atoms with Gasteiger partial charge in [0.25, 0.3) is 5.91 Å². The summed E-state index contributed by atoms with van der Waals surface area (Å²) in [6.07, 6.45) is 11.7. The molecule has 1 N–H and O–H groups in total. The van der Waals surface area contributed by atoms with Gasteiger partial charge in [-0.1, -0.05) is 44.2 Å². The molecular formula is C29H39N3O. The van der Waals surface area contributed by atoms with E-state index in [0.717, 1.165) is 50.1 Å². The van der Waals surface area contributed by atoms with Crippen molar-refractivity contribution in [1.82, 2.24) is 9.88 Å². The first kappa shape index (κ1) is 22.4. The summed E-state index contributed by atoms with van der Waals surface area (Å²) in [5.74, 6) is 2.60. The smallest absolute Gasteiger partial charge is 0.255 e. The molecule has 4 nitrogen and oxygen atoms in total. The van der Waals surface area contributed by atoms with Crippen molar-refractivity contribution in [2.24, 2.45) is 17.3 Å². The maximum atomic E-state index is 12.7. The lowest BCUT2D eigenvalue weighted by atomic mass is 9.50. The summed E-state index contributed by atoms with van der Waals surface area (Å²) in [6, 6.07) is 15.2. The minimum Gasteiger partial charge on any atom is -0.370 e. The van der Waals surface area contributed by atoms with E-state index in [0.29, 0.717) is 11.0 Å². The summed E-state index contributed by atoms with van der Waals surface area (Å²) in [5.41, 5.74) is 2.78. The molecule has 0 radical (unpaired) electrons. The number of nitrogens with zero attached hydrogens (tertiary/aromatic N) is 2. The van der Waals surface area contributed by atoms with Crippen molar-refractivity contribution in [2.75, 3.05) is 25.0 Å². The van der Waals surface area contributed by atoms with Gasteiger partial charge in [0, 0.05) is 25.8 Å². The van der Waals surface area contributed by atoms with Gasteiger partial charge >= 0.3 is 0 Å². The first-order valence-electron chi connectivity index (χ1n) is 13.0. The van der Waals surface area contributed by atoms with Crippen LogP contribution in [-0.4, -0.2) is 35.4 Å². The summed E-state index contributed by atoms with van der Waals surface area (Å²) >= 11 is 0. The van der Waals surface area contributed by atoms with Crippen LogP contribution in [0.15, 0.2) is 48.7 Å². The highest BCUT2D eigenvalue weighted by molar-refractivity contribution is 5.94. The number of benzene rings is 1. The fourth-order valence-electron chi connectivity index (χ4n) is 7.40. The number of fused-ring (bicyclic) bond motifs is 2. The Balaban J connectivity index is 1.27. The van der Waals surface area contributed by atoms with Gasteiger partial charge in [0.15, 0.2) is 0 Å². The zero-order chi connectivity index (χ0) is 22.9. The Hall–Kier alpha value is -2.36. The second-order valence-corrected chi connectivity index (χ2v) is 11.6. The number of anilines is 1. The maximum Gasteiger partial charge on any atom is 0.255 e. The van der Waals surface area contributed by atoms with Crippen LogP contribution >= 0.6 is 0 Å². The average Bonchev–Trinajstić information content (AvgIpc) is 2.83. The van der Waals surface area contributed by atoms with E-state index < -0.39 is 0 Å². The van der Waals surface area contributed by atoms with Crippen molar-refractivity contribution in [2.45, 2.75) is 70.6 Å². The zero-order valence-corrected chi connectivity index (χ0v) is 20.4. The van der Waals surface area contributed by atoms with Gasteiger partial charge in [-0.2, -0.15) is 0 Å². The lowest BCUT2D eigenvalue weighted by Crippen LogP contribution is -2.48. The molecule has 4 atom stereocenters. The number of aromatic nitrogens is 1. The summed E-state index contributed by atoms with van der Waals surface area (Å²) in [7, 11) is 0. The first-order chi connectivity index (χ1) is 15.9. The van der Waals surface area contributed by atoms with Crippen LogP contribution in [0.4, 0.5) is 5.82 Å². The number of amides is 1. The number of nitrogens with one attached hydrogen (secondary N) is 1. The molecule has 1 aromatic carbocycles. The number of pyridine rings is 1. The number of hydrogen-bond acceptors (Lipinski definition) is 3. The van der Waals surface area contributed by atoms with Gasteiger partial charge in [-0.15, -0.1) is 0 Å². The van der Waals surface area contributed by atoms with Crippen LogP contribution in [0.25, 0.3) is 0 Å². The Kier molecular flexibility index (Phi) is 6.20. The fraction of sp³-hybridized carbons (Fsp3) is 0.586. The van der Waals surface area contributed by atoms with Crippen LogP contribution in [0.1, 0.15) is 81.1 Å². The van der Waals surface area contributed by atoms with Gasteiger partial charge in [-0.3, -0.25) is 4.79 Å². The standard InChI is InChI=1S/C29H39N3O/c1-22-15-23-17-28(2,20-29(16-22,18-23)25-9-5-3-6-10-25)21-31-26-12-11-24(19-30-26)27(33)32-13-7-4-8-14-32/h3,5-6,9-12,19,22-23H,4,7-8,13-18,20-21H2,1-2H3,(H,30,31). The number of carbonyl (C=O) groups excluding carboxylic acids is 1. The van der Waals surface area contributed by atoms with E-state index >= 15 is 0 Å². The van der Waals surface area contributed by atoms with Crippen LogP contribution in [0.5, 0.6) is 0 Å². The van der Waals surface area contributed by atoms with Crippen molar-refractivity contribution in [3.8, 4) is 0 Å². The molecule has 3 fully saturated rings. The monoisotopic (exact) mass is 445 g/mol. The Morgan fingerprint density at radius 2 is 1.85 bits per heavy atom. The highest BCUT2D eigenvalue weighted by Gasteiger charge is 2.50. The zero-order valence-electron chi connectivity index (χ0n) is 20.4. The Labute approximate surface area is 199 Å². The van der Waals surface area contributed by atoms with Crippen LogP contribution in [0.2, 0.25) is 0 Å². The van der Waals surface area contributed by atoms with Crippen molar-refractivity contribution in [1.29, 1.82) is 0 Å². The average molecular weight is 446 g/mol. The lowest BCUT2D eigenvalue weighted by molar-refractivity contribution is 0.0274.